The van der Waals surface area contributed by atoms with Crippen LogP contribution in [0.25, 0.3) is 6.08 Å². The Morgan fingerprint density at radius 2 is 1.43 bits per heavy atom. The Hall–Kier alpha value is -3.66. The number of hydrogen-bond acceptors (Lipinski definition) is 7. The molecule has 0 heterocycles. The summed E-state index contributed by atoms with van der Waals surface area (Å²) in [4.78, 5) is 34.9. The Labute approximate surface area is 173 Å². The predicted octanol–water partition coefficient (Wildman–Crippen LogP) is 1.82. The van der Waals surface area contributed by atoms with E-state index in [4.69, 9.17) is 0 Å². The molecule has 0 aliphatic rings. The first-order chi connectivity index (χ1) is 14.2. The molecule has 0 saturated heterocycles. The minimum absolute atomic E-state index is 0.0121. The summed E-state index contributed by atoms with van der Waals surface area (Å²) in [6.45, 7) is 0. The van der Waals surface area contributed by atoms with Gasteiger partial charge in [-0.3, -0.25) is 9.52 Å². The molecule has 0 atom stereocenters. The molecule has 0 bridgehead atoms. The molecular weight excluding hydrogens is 412 g/mol. The number of sulfonamides is 1. The molecule has 0 radical (unpaired) electrons. The number of ether oxygens (including phenoxy) is 2. The van der Waals surface area contributed by atoms with E-state index >= 15 is 0 Å². The lowest BCUT2D eigenvalue weighted by atomic mass is 10.1. The second-order valence-electron chi connectivity index (χ2n) is 5.90. The van der Waals surface area contributed by atoms with Crippen molar-refractivity contribution >= 4 is 39.6 Å². The minimum Gasteiger partial charge on any atom is -0.465 e. The molecule has 10 heteroatoms. The molecule has 2 rings (SSSR count). The fourth-order valence-corrected chi connectivity index (χ4v) is 3.43. The molecule has 9 nitrogen and oxygen atoms in total. The molecule has 2 N–H and O–H groups in total. The second-order valence-corrected chi connectivity index (χ2v) is 7.59. The summed E-state index contributed by atoms with van der Waals surface area (Å²) in [5, 5.41) is 2.43. The molecule has 2 aromatic carbocycles. The fourth-order valence-electron chi connectivity index (χ4n) is 2.39. The quantitative estimate of drug-likeness (QED) is 0.504. The molecule has 2 aromatic rings. The van der Waals surface area contributed by atoms with Crippen LogP contribution in [0.5, 0.6) is 0 Å². The Morgan fingerprint density at radius 3 is 1.90 bits per heavy atom. The number of esters is 2. The van der Waals surface area contributed by atoms with Gasteiger partial charge >= 0.3 is 11.9 Å². The van der Waals surface area contributed by atoms with Crippen LogP contribution < -0.4 is 10.0 Å². The molecule has 0 fully saturated rings. The number of hydrogen-bond donors (Lipinski definition) is 2. The molecule has 0 aliphatic heterocycles. The van der Waals surface area contributed by atoms with Crippen LogP contribution in [-0.4, -0.2) is 47.5 Å². The molecule has 0 aliphatic carbocycles. The van der Waals surface area contributed by atoms with Crippen molar-refractivity contribution in [2.45, 2.75) is 4.90 Å². The largest absolute Gasteiger partial charge is 0.465 e. The van der Waals surface area contributed by atoms with E-state index in [1.165, 1.54) is 61.7 Å². The van der Waals surface area contributed by atoms with E-state index < -0.39 is 22.0 Å². The molecular formula is C20H20N2O7S. The zero-order valence-electron chi connectivity index (χ0n) is 16.5. The fraction of sp³-hybridized carbons (Fsp3) is 0.150. The topological polar surface area (TPSA) is 128 Å². The van der Waals surface area contributed by atoms with Gasteiger partial charge in [0.1, 0.15) is 0 Å². The van der Waals surface area contributed by atoms with Crippen LogP contribution in [0.3, 0.4) is 0 Å². The molecule has 158 valence electrons. The summed E-state index contributed by atoms with van der Waals surface area (Å²) in [5.74, 6) is -1.78. The number of anilines is 1. The molecule has 30 heavy (non-hydrogen) atoms. The standard InChI is InChI=1S/C20H20N2O7S/c1-21-18(23)9-6-13-4-7-17(8-5-13)30(26,27)22-16-11-14(19(24)28-2)10-15(12-16)20(25)29-3/h4-12,22H,1-3H3,(H,21,23)/b9-6+. The first-order valence-electron chi connectivity index (χ1n) is 8.54. The highest BCUT2D eigenvalue weighted by molar-refractivity contribution is 7.92. The van der Waals surface area contributed by atoms with Crippen LogP contribution in [0.15, 0.2) is 53.4 Å². The van der Waals surface area contributed by atoms with Gasteiger partial charge in [0.15, 0.2) is 0 Å². The van der Waals surface area contributed by atoms with Crippen molar-refractivity contribution in [1.29, 1.82) is 0 Å². The van der Waals surface area contributed by atoms with Gasteiger partial charge in [-0.15, -0.1) is 0 Å². The van der Waals surface area contributed by atoms with Crippen LogP contribution in [0.2, 0.25) is 0 Å². The van der Waals surface area contributed by atoms with Gasteiger partial charge in [0, 0.05) is 13.1 Å². The summed E-state index contributed by atoms with van der Waals surface area (Å²) in [6.07, 6.45) is 2.85. The monoisotopic (exact) mass is 432 g/mol. The van der Waals surface area contributed by atoms with Gasteiger partial charge in [0.25, 0.3) is 10.0 Å². The van der Waals surface area contributed by atoms with Gasteiger partial charge in [0.2, 0.25) is 5.91 Å². The summed E-state index contributed by atoms with van der Waals surface area (Å²) < 4.78 is 37.0. The van der Waals surface area contributed by atoms with Crippen LogP contribution >= 0.6 is 0 Å². The van der Waals surface area contributed by atoms with E-state index in [9.17, 15) is 22.8 Å². The summed E-state index contributed by atoms with van der Waals surface area (Å²) in [7, 11) is -0.199. The summed E-state index contributed by atoms with van der Waals surface area (Å²) in [5.41, 5.74) is 0.570. The number of benzene rings is 2. The Balaban J connectivity index is 2.33. The third-order valence-corrected chi connectivity index (χ3v) is 5.29. The van der Waals surface area contributed by atoms with Crippen LogP contribution in [0, 0.1) is 0 Å². The predicted molar refractivity (Wildman–Crippen MR) is 109 cm³/mol. The van der Waals surface area contributed by atoms with E-state index in [0.29, 0.717) is 5.56 Å². The van der Waals surface area contributed by atoms with Gasteiger partial charge in [-0.25, -0.2) is 18.0 Å². The van der Waals surface area contributed by atoms with Gasteiger partial charge < -0.3 is 14.8 Å². The van der Waals surface area contributed by atoms with E-state index in [-0.39, 0.29) is 27.6 Å². The van der Waals surface area contributed by atoms with E-state index in [1.54, 1.807) is 0 Å². The van der Waals surface area contributed by atoms with E-state index in [2.05, 4.69) is 19.5 Å². The number of carbonyl (C=O) groups excluding carboxylic acids is 3. The maximum atomic E-state index is 12.7. The molecule has 0 unspecified atom stereocenters. The highest BCUT2D eigenvalue weighted by Crippen LogP contribution is 2.21. The third kappa shape index (κ3) is 5.67. The molecule has 0 saturated carbocycles. The lowest BCUT2D eigenvalue weighted by Crippen LogP contribution is -2.15. The number of rotatable bonds is 7. The zero-order chi connectivity index (χ0) is 22.3. The molecule has 0 aromatic heterocycles. The van der Waals surface area contributed by atoms with E-state index in [1.807, 2.05) is 0 Å². The minimum atomic E-state index is -4.02. The first kappa shape index (κ1) is 22.6. The number of methoxy groups -OCH3 is 2. The highest BCUT2D eigenvalue weighted by atomic mass is 32.2. The lowest BCUT2D eigenvalue weighted by Gasteiger charge is -2.11. The average molecular weight is 432 g/mol. The maximum absolute atomic E-state index is 12.7. The second kappa shape index (κ2) is 9.70. The van der Waals surface area contributed by atoms with Crippen molar-refractivity contribution in [1.82, 2.24) is 5.32 Å². The van der Waals surface area contributed by atoms with Crippen molar-refractivity contribution < 1.29 is 32.3 Å². The maximum Gasteiger partial charge on any atom is 0.337 e. The van der Waals surface area contributed by atoms with Gasteiger partial charge in [-0.2, -0.15) is 0 Å². The van der Waals surface area contributed by atoms with Gasteiger partial charge in [-0.05, 0) is 42.0 Å². The normalized spacial score (nSPS) is 11.0. The SMILES string of the molecule is CNC(=O)/C=C/c1ccc(S(=O)(=O)Nc2cc(C(=O)OC)cc(C(=O)OC)c2)cc1. The van der Waals surface area contributed by atoms with Crippen LogP contribution in [0.1, 0.15) is 26.3 Å². The Bertz CT molecular complexity index is 1060. The summed E-state index contributed by atoms with van der Waals surface area (Å²) >= 11 is 0. The molecule has 1 amide bonds. The van der Waals surface area contributed by atoms with Crippen molar-refractivity contribution in [3.05, 3.63) is 65.2 Å². The average Bonchev–Trinajstić information content (AvgIpc) is 2.75. The Kier molecular flexibility index (Phi) is 7.32. The number of likely N-dealkylation sites (N-methyl/N-ethyl adjacent to an activating group) is 1. The van der Waals surface area contributed by atoms with Crippen molar-refractivity contribution in [2.24, 2.45) is 0 Å². The first-order valence-corrected chi connectivity index (χ1v) is 10.0. The molecule has 0 spiro atoms. The van der Waals surface area contributed by atoms with Crippen molar-refractivity contribution in [3.63, 3.8) is 0 Å². The van der Waals surface area contributed by atoms with E-state index in [0.717, 1.165) is 14.2 Å². The highest BCUT2D eigenvalue weighted by Gasteiger charge is 2.18. The Morgan fingerprint density at radius 1 is 0.900 bits per heavy atom. The lowest BCUT2D eigenvalue weighted by molar-refractivity contribution is -0.116. The van der Waals surface area contributed by atoms with Gasteiger partial charge in [-0.1, -0.05) is 12.1 Å². The van der Waals surface area contributed by atoms with Crippen LogP contribution in [-0.2, 0) is 24.3 Å². The zero-order valence-corrected chi connectivity index (χ0v) is 17.3. The van der Waals surface area contributed by atoms with Crippen molar-refractivity contribution in [2.75, 3.05) is 26.0 Å². The summed E-state index contributed by atoms with van der Waals surface area (Å²) in [6, 6.07) is 9.50. The van der Waals surface area contributed by atoms with Crippen LogP contribution in [0.4, 0.5) is 5.69 Å². The van der Waals surface area contributed by atoms with Crippen molar-refractivity contribution in [3.8, 4) is 0 Å². The third-order valence-electron chi connectivity index (χ3n) is 3.89. The number of amides is 1. The van der Waals surface area contributed by atoms with Gasteiger partial charge in [0.05, 0.1) is 35.9 Å². The number of nitrogens with one attached hydrogen (secondary N) is 2. The smallest absolute Gasteiger partial charge is 0.337 e. The number of carbonyl (C=O) groups is 3.